The van der Waals surface area contributed by atoms with Crippen LogP contribution in [-0.2, 0) is 25.4 Å². The molecule has 0 radical (unpaired) electrons. The zero-order valence-electron chi connectivity index (χ0n) is 24.4. The molecule has 0 spiro atoms. The van der Waals surface area contributed by atoms with Gasteiger partial charge in [0.15, 0.2) is 0 Å². The van der Waals surface area contributed by atoms with Crippen LogP contribution in [0.15, 0.2) is 55.1 Å². The Kier molecular flexibility index (Phi) is 12.1. The number of nitrogens with one attached hydrogen (secondary N) is 2. The fourth-order valence-electron chi connectivity index (χ4n) is 5.87. The first kappa shape index (κ1) is 31.1. The van der Waals surface area contributed by atoms with Gasteiger partial charge in [0.2, 0.25) is 5.91 Å². The third-order valence-electron chi connectivity index (χ3n) is 7.97. The van der Waals surface area contributed by atoms with E-state index in [0.29, 0.717) is 64.7 Å². The Morgan fingerprint density at radius 3 is 2.37 bits per heavy atom. The molecule has 1 aliphatic carbocycles. The van der Waals surface area contributed by atoms with Crippen molar-refractivity contribution < 1.29 is 23.4 Å². The Bertz CT molecular complexity index is 1110. The smallest absolute Gasteiger partial charge is 0.243 e. The quantitative estimate of drug-likeness (QED) is 0.223. The van der Waals surface area contributed by atoms with Gasteiger partial charge in [0, 0.05) is 55.4 Å². The van der Waals surface area contributed by atoms with Gasteiger partial charge >= 0.3 is 0 Å². The second-order valence-electron chi connectivity index (χ2n) is 10.8. The van der Waals surface area contributed by atoms with Crippen LogP contribution in [0.1, 0.15) is 35.1 Å². The standard InChI is InChI=1S/C32H45FN4O4/c1-4-31(38)35-15-17-40-19-21-41-20-18-39-16-14-34-26-11-8-24(9-12-26)27-22-37(23-30(27)36(2)3)29-13-10-25-6-5-7-28(33)32(25)29/h4-9,11-12,27,29-30,34H,1,10,13-23H2,2-3H3,(H,35,38)/t27-,29+,30+/m1/s1. The van der Waals surface area contributed by atoms with Gasteiger partial charge in [-0.05, 0) is 62.3 Å². The van der Waals surface area contributed by atoms with Crippen LogP contribution >= 0.6 is 0 Å². The summed E-state index contributed by atoms with van der Waals surface area (Å²) in [6, 6.07) is 14.8. The predicted octanol–water partition coefficient (Wildman–Crippen LogP) is 3.61. The molecule has 0 aromatic heterocycles. The van der Waals surface area contributed by atoms with Crippen molar-refractivity contribution in [3.63, 3.8) is 0 Å². The lowest BCUT2D eigenvalue weighted by molar-refractivity contribution is -0.116. The number of anilines is 1. The van der Waals surface area contributed by atoms with Crippen molar-refractivity contribution in [2.45, 2.75) is 30.8 Å². The van der Waals surface area contributed by atoms with Crippen LogP contribution in [0.2, 0.25) is 0 Å². The number of aryl methyl sites for hydroxylation is 1. The predicted molar refractivity (Wildman–Crippen MR) is 160 cm³/mol. The van der Waals surface area contributed by atoms with E-state index in [0.717, 1.165) is 37.2 Å². The van der Waals surface area contributed by atoms with Crippen molar-refractivity contribution in [1.29, 1.82) is 0 Å². The number of carbonyl (C=O) groups excluding carboxylic acids is 1. The minimum absolute atomic E-state index is 0.0594. The van der Waals surface area contributed by atoms with Crippen LogP contribution in [0.5, 0.6) is 0 Å². The Balaban J connectivity index is 1.13. The normalized spacial score (nSPS) is 20.3. The number of benzene rings is 2. The lowest BCUT2D eigenvalue weighted by Gasteiger charge is -2.26. The molecule has 3 atom stereocenters. The first-order valence-corrected chi connectivity index (χ1v) is 14.6. The molecule has 0 saturated carbocycles. The number of carbonyl (C=O) groups is 1. The van der Waals surface area contributed by atoms with E-state index in [4.69, 9.17) is 14.2 Å². The third kappa shape index (κ3) is 8.83. The second-order valence-corrected chi connectivity index (χ2v) is 10.8. The van der Waals surface area contributed by atoms with Gasteiger partial charge in [0.25, 0.3) is 0 Å². The number of hydrogen-bond donors (Lipinski definition) is 2. The molecule has 8 nitrogen and oxygen atoms in total. The van der Waals surface area contributed by atoms with Crippen LogP contribution in [0, 0.1) is 5.82 Å². The molecule has 2 aromatic carbocycles. The van der Waals surface area contributed by atoms with E-state index in [2.05, 4.69) is 71.4 Å². The van der Waals surface area contributed by atoms with Crippen molar-refractivity contribution in [1.82, 2.24) is 15.1 Å². The Labute approximate surface area is 243 Å². The first-order chi connectivity index (χ1) is 20.0. The highest BCUT2D eigenvalue weighted by atomic mass is 19.1. The Hall–Kier alpha value is -2.82. The van der Waals surface area contributed by atoms with E-state index in [1.165, 1.54) is 17.2 Å². The highest BCUT2D eigenvalue weighted by molar-refractivity contribution is 5.86. The van der Waals surface area contributed by atoms with Crippen molar-refractivity contribution in [2.24, 2.45) is 0 Å². The maximum Gasteiger partial charge on any atom is 0.243 e. The summed E-state index contributed by atoms with van der Waals surface area (Å²) < 4.78 is 31.3. The molecule has 0 unspecified atom stereocenters. The van der Waals surface area contributed by atoms with Gasteiger partial charge in [-0.3, -0.25) is 9.69 Å². The highest BCUT2D eigenvalue weighted by Crippen LogP contribution is 2.42. The van der Waals surface area contributed by atoms with E-state index < -0.39 is 0 Å². The summed E-state index contributed by atoms with van der Waals surface area (Å²) in [4.78, 5) is 15.8. The molecule has 1 amide bonds. The number of fused-ring (bicyclic) bond motifs is 1. The largest absolute Gasteiger partial charge is 0.383 e. The van der Waals surface area contributed by atoms with Gasteiger partial charge < -0.3 is 29.7 Å². The maximum atomic E-state index is 14.7. The van der Waals surface area contributed by atoms with Crippen LogP contribution in [0.3, 0.4) is 0 Å². The number of hydrogen-bond acceptors (Lipinski definition) is 7. The number of nitrogens with zero attached hydrogens (tertiary/aromatic N) is 2. The number of ether oxygens (including phenoxy) is 3. The zero-order chi connectivity index (χ0) is 29.0. The van der Waals surface area contributed by atoms with Crippen LogP contribution in [-0.4, -0.2) is 102 Å². The van der Waals surface area contributed by atoms with Gasteiger partial charge in [0.1, 0.15) is 5.82 Å². The molecule has 1 heterocycles. The van der Waals surface area contributed by atoms with Crippen LogP contribution in [0.4, 0.5) is 10.1 Å². The van der Waals surface area contributed by atoms with Crippen LogP contribution in [0.25, 0.3) is 0 Å². The summed E-state index contributed by atoms with van der Waals surface area (Å²) in [5.41, 5.74) is 4.47. The fourth-order valence-corrected chi connectivity index (χ4v) is 5.87. The summed E-state index contributed by atoms with van der Waals surface area (Å²) in [5.74, 6) is 0.117. The number of halogens is 1. The van der Waals surface area contributed by atoms with Crippen LogP contribution < -0.4 is 10.6 Å². The van der Waals surface area contributed by atoms with Crippen molar-refractivity contribution in [3.8, 4) is 0 Å². The minimum Gasteiger partial charge on any atom is -0.383 e. The number of likely N-dealkylation sites (tertiary alicyclic amines) is 1. The molecule has 2 aromatic rings. The molecule has 4 rings (SSSR count). The molecule has 224 valence electrons. The lowest BCUT2D eigenvalue weighted by atomic mass is 9.93. The zero-order valence-corrected chi connectivity index (χ0v) is 24.4. The van der Waals surface area contributed by atoms with E-state index >= 15 is 0 Å². The molecule has 0 bridgehead atoms. The Morgan fingerprint density at radius 1 is 1.00 bits per heavy atom. The average Bonchev–Trinajstić information content (AvgIpc) is 3.61. The summed E-state index contributed by atoms with van der Waals surface area (Å²) in [7, 11) is 4.29. The average molecular weight is 569 g/mol. The Morgan fingerprint density at radius 2 is 1.68 bits per heavy atom. The lowest BCUT2D eigenvalue weighted by Crippen LogP contribution is -2.35. The number of amides is 1. The summed E-state index contributed by atoms with van der Waals surface area (Å²) >= 11 is 0. The summed E-state index contributed by atoms with van der Waals surface area (Å²) in [5, 5.41) is 6.07. The fraction of sp³-hybridized carbons (Fsp3) is 0.531. The summed E-state index contributed by atoms with van der Waals surface area (Å²) in [6.07, 6.45) is 3.19. The van der Waals surface area contributed by atoms with Gasteiger partial charge in [0.05, 0.1) is 39.6 Å². The molecule has 1 saturated heterocycles. The molecule has 1 aliphatic heterocycles. The van der Waals surface area contributed by atoms with Crippen molar-refractivity contribution in [3.05, 3.63) is 77.6 Å². The van der Waals surface area contributed by atoms with E-state index in [-0.39, 0.29) is 17.8 Å². The van der Waals surface area contributed by atoms with E-state index in [1.807, 2.05) is 6.07 Å². The molecular weight excluding hydrogens is 523 g/mol. The van der Waals surface area contributed by atoms with E-state index in [9.17, 15) is 9.18 Å². The number of rotatable bonds is 17. The van der Waals surface area contributed by atoms with Gasteiger partial charge in [-0.2, -0.15) is 0 Å². The van der Waals surface area contributed by atoms with Crippen molar-refractivity contribution in [2.75, 3.05) is 85.2 Å². The van der Waals surface area contributed by atoms with E-state index in [1.54, 1.807) is 6.07 Å². The molecule has 1 fully saturated rings. The molecule has 9 heteroatoms. The van der Waals surface area contributed by atoms with Gasteiger partial charge in [-0.1, -0.05) is 30.8 Å². The maximum absolute atomic E-state index is 14.7. The van der Waals surface area contributed by atoms with Crippen molar-refractivity contribution >= 4 is 11.6 Å². The van der Waals surface area contributed by atoms with Gasteiger partial charge in [-0.15, -0.1) is 0 Å². The SMILES string of the molecule is C=CC(=O)NCCOCCOCCOCCNc1ccc([C@H]2CN([C@H]3CCc4cccc(F)c43)C[C@@H]2N(C)C)cc1. The highest BCUT2D eigenvalue weighted by Gasteiger charge is 2.41. The molecule has 41 heavy (non-hydrogen) atoms. The molecule has 2 aliphatic rings. The monoisotopic (exact) mass is 568 g/mol. The minimum atomic E-state index is -0.201. The van der Waals surface area contributed by atoms with Gasteiger partial charge in [-0.25, -0.2) is 4.39 Å². The second kappa shape index (κ2) is 16.0. The number of likely N-dealkylation sites (N-methyl/N-ethyl adjacent to an activating group) is 1. The third-order valence-corrected chi connectivity index (χ3v) is 7.97. The summed E-state index contributed by atoms with van der Waals surface area (Å²) in [6.45, 7) is 9.47. The first-order valence-electron chi connectivity index (χ1n) is 14.6. The molecule has 2 N–H and O–H groups in total. The molecular formula is C32H45FN4O4. The topological polar surface area (TPSA) is 75.3 Å².